The molecule has 0 radical (unpaired) electrons. The van der Waals surface area contributed by atoms with Crippen molar-refractivity contribution in [1.82, 2.24) is 4.98 Å². The van der Waals surface area contributed by atoms with E-state index in [1.807, 2.05) is 6.07 Å². The van der Waals surface area contributed by atoms with Crippen molar-refractivity contribution in [2.45, 2.75) is 6.61 Å². The van der Waals surface area contributed by atoms with Crippen molar-refractivity contribution < 1.29 is 9.53 Å². The summed E-state index contributed by atoms with van der Waals surface area (Å²) in [5.41, 5.74) is 1.79. The van der Waals surface area contributed by atoms with Gasteiger partial charge in [-0.25, -0.2) is 4.98 Å². The molecule has 1 aromatic heterocycles. The van der Waals surface area contributed by atoms with Crippen LogP contribution in [0.15, 0.2) is 42.6 Å². The number of nitrogens with zero attached hydrogens (tertiary/aromatic N) is 2. The predicted octanol–water partition coefficient (Wildman–Crippen LogP) is 2.34. The maximum absolute atomic E-state index is 10.6. The van der Waals surface area contributed by atoms with E-state index < -0.39 is 0 Å². The second-order valence-electron chi connectivity index (χ2n) is 3.64. The van der Waals surface area contributed by atoms with Gasteiger partial charge in [0.05, 0.1) is 0 Å². The summed E-state index contributed by atoms with van der Waals surface area (Å²) in [4.78, 5) is 14.5. The van der Waals surface area contributed by atoms with E-state index in [1.54, 1.807) is 42.6 Å². The van der Waals surface area contributed by atoms with E-state index in [0.717, 1.165) is 11.8 Å². The average Bonchev–Trinajstić information content (AvgIpc) is 2.45. The fourth-order valence-electron chi connectivity index (χ4n) is 1.47. The molecule has 0 aliphatic rings. The third-order valence-corrected chi connectivity index (χ3v) is 2.34. The largest absolute Gasteiger partial charge is 0.489 e. The Morgan fingerprint density at radius 2 is 2.22 bits per heavy atom. The molecule has 18 heavy (non-hydrogen) atoms. The highest BCUT2D eigenvalue weighted by Crippen LogP contribution is 2.14. The first-order valence-corrected chi connectivity index (χ1v) is 5.35. The van der Waals surface area contributed by atoms with Crippen molar-refractivity contribution in [3.63, 3.8) is 0 Å². The van der Waals surface area contributed by atoms with E-state index in [9.17, 15) is 4.79 Å². The van der Waals surface area contributed by atoms with Gasteiger partial charge < -0.3 is 4.74 Å². The number of rotatable bonds is 4. The zero-order valence-electron chi connectivity index (χ0n) is 9.54. The monoisotopic (exact) mass is 238 g/mol. The lowest BCUT2D eigenvalue weighted by Gasteiger charge is -2.06. The topological polar surface area (TPSA) is 63.0 Å². The van der Waals surface area contributed by atoms with Crippen LogP contribution in [0.2, 0.25) is 0 Å². The van der Waals surface area contributed by atoms with Crippen LogP contribution in [0.5, 0.6) is 5.75 Å². The summed E-state index contributed by atoms with van der Waals surface area (Å²) in [5.74, 6) is 0.620. The van der Waals surface area contributed by atoms with E-state index in [-0.39, 0.29) is 0 Å². The van der Waals surface area contributed by atoms with Gasteiger partial charge in [0, 0.05) is 11.8 Å². The Hall–Kier alpha value is -2.67. The van der Waals surface area contributed by atoms with Gasteiger partial charge in [-0.1, -0.05) is 12.1 Å². The summed E-state index contributed by atoms with van der Waals surface area (Å²) in [6.07, 6.45) is 2.34. The minimum Gasteiger partial charge on any atom is -0.489 e. The zero-order chi connectivity index (χ0) is 12.8. The Bertz CT molecular complexity index is 603. The summed E-state index contributed by atoms with van der Waals surface area (Å²) >= 11 is 0. The SMILES string of the molecule is N#Cc1cc(COc2cccc(C=O)c2)ccn1. The maximum atomic E-state index is 10.6. The van der Waals surface area contributed by atoms with Crippen LogP contribution in [0.4, 0.5) is 0 Å². The molecule has 0 aliphatic heterocycles. The molecule has 0 spiro atoms. The number of aldehydes is 1. The van der Waals surface area contributed by atoms with Gasteiger partial charge in [0.2, 0.25) is 0 Å². The minimum absolute atomic E-state index is 0.333. The number of benzene rings is 1. The van der Waals surface area contributed by atoms with Crippen LogP contribution >= 0.6 is 0 Å². The van der Waals surface area contributed by atoms with E-state index in [4.69, 9.17) is 10.00 Å². The molecule has 2 aromatic rings. The average molecular weight is 238 g/mol. The number of carbonyl (C=O) groups is 1. The lowest BCUT2D eigenvalue weighted by atomic mass is 10.2. The molecule has 88 valence electrons. The second kappa shape index (κ2) is 5.60. The summed E-state index contributed by atoms with van der Waals surface area (Å²) in [6, 6.07) is 12.3. The second-order valence-corrected chi connectivity index (χ2v) is 3.64. The number of hydrogen-bond acceptors (Lipinski definition) is 4. The normalized spacial score (nSPS) is 9.50. The summed E-state index contributed by atoms with van der Waals surface area (Å²) < 4.78 is 5.54. The predicted molar refractivity (Wildman–Crippen MR) is 65.1 cm³/mol. The molecule has 0 saturated carbocycles. The highest BCUT2D eigenvalue weighted by molar-refractivity contribution is 5.75. The summed E-state index contributed by atoms with van der Waals surface area (Å²) in [7, 11) is 0. The molecule has 0 atom stereocenters. The molecule has 4 nitrogen and oxygen atoms in total. The van der Waals surface area contributed by atoms with Crippen molar-refractivity contribution in [1.29, 1.82) is 5.26 Å². The number of ether oxygens (including phenoxy) is 1. The fraction of sp³-hybridized carbons (Fsp3) is 0.0714. The standard InChI is InChI=1S/C14H10N2O2/c15-8-13-6-12(4-5-16-13)10-18-14-3-1-2-11(7-14)9-17/h1-7,9H,10H2. The van der Waals surface area contributed by atoms with Crippen molar-refractivity contribution in [2.24, 2.45) is 0 Å². The third-order valence-electron chi connectivity index (χ3n) is 2.34. The molecule has 0 saturated heterocycles. The Labute approximate surface area is 104 Å². The number of nitriles is 1. The van der Waals surface area contributed by atoms with Crippen LogP contribution in [0.1, 0.15) is 21.6 Å². The highest BCUT2D eigenvalue weighted by Gasteiger charge is 1.99. The summed E-state index contributed by atoms with van der Waals surface area (Å²) in [5, 5.41) is 8.72. The molecule has 4 heteroatoms. The zero-order valence-corrected chi connectivity index (χ0v) is 9.54. The van der Waals surface area contributed by atoms with Gasteiger partial charge in [-0.15, -0.1) is 0 Å². The quantitative estimate of drug-likeness (QED) is 0.767. The molecule has 0 amide bonds. The van der Waals surface area contributed by atoms with Crippen molar-refractivity contribution >= 4 is 6.29 Å². The van der Waals surface area contributed by atoms with E-state index in [2.05, 4.69) is 4.98 Å². The van der Waals surface area contributed by atoms with Crippen LogP contribution < -0.4 is 4.74 Å². The molecule has 0 bridgehead atoms. The Balaban J connectivity index is 2.06. The van der Waals surface area contributed by atoms with Gasteiger partial charge in [-0.3, -0.25) is 4.79 Å². The number of hydrogen-bond donors (Lipinski definition) is 0. The fourth-order valence-corrected chi connectivity index (χ4v) is 1.47. The molecule has 1 heterocycles. The van der Waals surface area contributed by atoms with Crippen LogP contribution in [-0.2, 0) is 6.61 Å². The Kier molecular flexibility index (Phi) is 3.67. The van der Waals surface area contributed by atoms with Gasteiger partial charge in [0.25, 0.3) is 0 Å². The number of aromatic nitrogens is 1. The minimum atomic E-state index is 0.333. The smallest absolute Gasteiger partial charge is 0.150 e. The van der Waals surface area contributed by atoms with Crippen LogP contribution in [0.25, 0.3) is 0 Å². The lowest BCUT2D eigenvalue weighted by Crippen LogP contribution is -1.97. The number of pyridine rings is 1. The lowest BCUT2D eigenvalue weighted by molar-refractivity contribution is 0.112. The molecule has 0 unspecified atom stereocenters. The molecular formula is C14H10N2O2. The van der Waals surface area contributed by atoms with Gasteiger partial charge in [-0.2, -0.15) is 5.26 Å². The molecule has 0 aliphatic carbocycles. The van der Waals surface area contributed by atoms with Gasteiger partial charge in [0.15, 0.2) is 0 Å². The van der Waals surface area contributed by atoms with Gasteiger partial charge in [-0.05, 0) is 29.8 Å². The third kappa shape index (κ3) is 2.92. The highest BCUT2D eigenvalue weighted by atomic mass is 16.5. The van der Waals surface area contributed by atoms with Crippen molar-refractivity contribution in [3.05, 3.63) is 59.4 Å². The first-order valence-electron chi connectivity index (χ1n) is 5.35. The van der Waals surface area contributed by atoms with Crippen molar-refractivity contribution in [3.8, 4) is 11.8 Å². The molecule has 0 N–H and O–H groups in total. The van der Waals surface area contributed by atoms with Crippen LogP contribution in [-0.4, -0.2) is 11.3 Å². The summed E-state index contributed by atoms with van der Waals surface area (Å²) in [6.45, 7) is 0.333. The number of carbonyl (C=O) groups excluding carboxylic acids is 1. The van der Waals surface area contributed by atoms with E-state index in [0.29, 0.717) is 23.6 Å². The Morgan fingerprint density at radius 1 is 1.33 bits per heavy atom. The molecule has 1 aromatic carbocycles. The molecule has 0 fully saturated rings. The maximum Gasteiger partial charge on any atom is 0.150 e. The van der Waals surface area contributed by atoms with Gasteiger partial charge >= 0.3 is 0 Å². The van der Waals surface area contributed by atoms with Crippen LogP contribution in [0, 0.1) is 11.3 Å². The molecular weight excluding hydrogens is 228 g/mol. The van der Waals surface area contributed by atoms with Crippen molar-refractivity contribution in [2.75, 3.05) is 0 Å². The van der Waals surface area contributed by atoms with Gasteiger partial charge in [0.1, 0.15) is 30.4 Å². The molecule has 2 rings (SSSR count). The Morgan fingerprint density at radius 3 is 3.00 bits per heavy atom. The van der Waals surface area contributed by atoms with E-state index >= 15 is 0 Å². The van der Waals surface area contributed by atoms with E-state index in [1.165, 1.54) is 0 Å². The first kappa shape index (κ1) is 11.8. The first-order chi connectivity index (χ1) is 8.81. The van der Waals surface area contributed by atoms with Crippen LogP contribution in [0.3, 0.4) is 0 Å².